The van der Waals surface area contributed by atoms with Crippen molar-refractivity contribution >= 4 is 17.5 Å². The largest absolute Gasteiger partial charge is 0.433 e. The Bertz CT molecular complexity index is 628. The Hall–Kier alpha value is -1.89. The highest BCUT2D eigenvalue weighted by Gasteiger charge is 2.33. The zero-order valence-electron chi connectivity index (χ0n) is 9.17. The molecule has 2 rings (SSSR count). The van der Waals surface area contributed by atoms with Gasteiger partial charge in [0.15, 0.2) is 5.69 Å². The van der Waals surface area contributed by atoms with E-state index in [9.17, 15) is 17.6 Å². The van der Waals surface area contributed by atoms with Crippen LogP contribution in [0.1, 0.15) is 5.69 Å². The number of hydrogen-bond donors (Lipinski definition) is 1. The lowest BCUT2D eigenvalue weighted by atomic mass is 10.1. The van der Waals surface area contributed by atoms with Crippen LogP contribution in [-0.2, 0) is 6.18 Å². The van der Waals surface area contributed by atoms with Crippen molar-refractivity contribution < 1.29 is 17.6 Å². The summed E-state index contributed by atoms with van der Waals surface area (Å²) >= 11 is 5.56. The van der Waals surface area contributed by atoms with E-state index in [1.54, 1.807) is 0 Å². The van der Waals surface area contributed by atoms with Crippen LogP contribution in [0.4, 0.5) is 23.5 Å². The van der Waals surface area contributed by atoms with Gasteiger partial charge in [-0.05, 0) is 24.3 Å². The molecule has 1 aromatic heterocycles. The number of benzene rings is 1. The number of aromatic nitrogens is 2. The van der Waals surface area contributed by atoms with Gasteiger partial charge in [-0.25, -0.2) is 14.4 Å². The molecule has 0 fully saturated rings. The first-order valence-corrected chi connectivity index (χ1v) is 5.32. The van der Waals surface area contributed by atoms with Crippen molar-refractivity contribution in [3.05, 3.63) is 40.8 Å². The van der Waals surface area contributed by atoms with Crippen LogP contribution in [0.3, 0.4) is 0 Å². The van der Waals surface area contributed by atoms with Gasteiger partial charge in [-0.2, -0.15) is 13.2 Å². The summed E-state index contributed by atoms with van der Waals surface area (Å²) in [5.41, 5.74) is 3.58. The van der Waals surface area contributed by atoms with Gasteiger partial charge in [-0.3, -0.25) is 0 Å². The molecule has 1 heterocycles. The van der Waals surface area contributed by atoms with Gasteiger partial charge in [-0.1, -0.05) is 11.6 Å². The van der Waals surface area contributed by atoms with E-state index in [2.05, 4.69) is 9.97 Å². The Morgan fingerprint density at radius 3 is 2.37 bits per heavy atom. The summed E-state index contributed by atoms with van der Waals surface area (Å²) in [6.07, 6.45) is -4.69. The minimum absolute atomic E-state index is 0.124. The molecule has 0 atom stereocenters. The maximum absolute atomic E-state index is 13.6. The second-order valence-electron chi connectivity index (χ2n) is 3.62. The van der Waals surface area contributed by atoms with E-state index in [1.165, 1.54) is 12.1 Å². The van der Waals surface area contributed by atoms with Gasteiger partial charge >= 0.3 is 6.18 Å². The van der Waals surface area contributed by atoms with Crippen molar-refractivity contribution in [2.75, 3.05) is 5.73 Å². The number of hydrogen-bond acceptors (Lipinski definition) is 3. The standard InChI is InChI=1S/C11H6ClF4N3/c12-5-1-2-6(7(13)3-5)8-4-9(11(14,15)16)19-10(17)18-8/h1-4H,(H2,17,18,19). The first-order chi connectivity index (χ1) is 8.77. The number of nitrogens with two attached hydrogens (primary N) is 1. The number of nitrogen functional groups attached to an aromatic ring is 1. The summed E-state index contributed by atoms with van der Waals surface area (Å²) in [5, 5.41) is 0.124. The molecule has 0 saturated carbocycles. The molecular weight excluding hydrogens is 286 g/mol. The Labute approximate surface area is 110 Å². The van der Waals surface area contributed by atoms with Gasteiger partial charge in [0.1, 0.15) is 5.82 Å². The molecule has 1 aromatic carbocycles. The minimum atomic E-state index is -4.69. The highest BCUT2D eigenvalue weighted by molar-refractivity contribution is 6.30. The Balaban J connectivity index is 2.59. The van der Waals surface area contributed by atoms with E-state index in [-0.39, 0.29) is 16.3 Å². The van der Waals surface area contributed by atoms with Gasteiger partial charge < -0.3 is 5.73 Å². The second kappa shape index (κ2) is 4.65. The molecule has 0 radical (unpaired) electrons. The third kappa shape index (κ3) is 2.93. The van der Waals surface area contributed by atoms with Crippen LogP contribution in [0, 0.1) is 5.82 Å². The molecule has 0 unspecified atom stereocenters. The van der Waals surface area contributed by atoms with E-state index in [0.717, 1.165) is 6.07 Å². The van der Waals surface area contributed by atoms with Crippen molar-refractivity contribution in [3.63, 3.8) is 0 Å². The Morgan fingerprint density at radius 1 is 1.11 bits per heavy atom. The first-order valence-electron chi connectivity index (χ1n) is 4.94. The van der Waals surface area contributed by atoms with Gasteiger partial charge in [0.25, 0.3) is 0 Å². The first kappa shape index (κ1) is 13.5. The van der Waals surface area contributed by atoms with E-state index in [0.29, 0.717) is 6.07 Å². The topological polar surface area (TPSA) is 51.8 Å². The van der Waals surface area contributed by atoms with Crippen LogP contribution in [0.2, 0.25) is 5.02 Å². The fourth-order valence-corrected chi connectivity index (χ4v) is 1.61. The molecule has 0 aliphatic carbocycles. The maximum Gasteiger partial charge on any atom is 0.433 e. The molecule has 2 N–H and O–H groups in total. The summed E-state index contributed by atoms with van der Waals surface area (Å²) < 4.78 is 51.3. The maximum atomic E-state index is 13.6. The average Bonchev–Trinajstić information content (AvgIpc) is 2.26. The van der Waals surface area contributed by atoms with E-state index >= 15 is 0 Å². The van der Waals surface area contributed by atoms with Gasteiger partial charge in [0.05, 0.1) is 5.69 Å². The number of nitrogens with zero attached hydrogens (tertiary/aromatic N) is 2. The third-order valence-corrected chi connectivity index (χ3v) is 2.48. The fraction of sp³-hybridized carbons (Fsp3) is 0.0909. The smallest absolute Gasteiger partial charge is 0.368 e. The van der Waals surface area contributed by atoms with Crippen molar-refractivity contribution in [2.24, 2.45) is 0 Å². The summed E-state index contributed by atoms with van der Waals surface area (Å²) in [4.78, 5) is 6.66. The number of halogens is 5. The van der Waals surface area contributed by atoms with Crippen molar-refractivity contribution in [1.29, 1.82) is 0 Å². The van der Waals surface area contributed by atoms with Crippen LogP contribution < -0.4 is 5.73 Å². The molecule has 8 heteroatoms. The summed E-state index contributed by atoms with van der Waals surface area (Å²) in [7, 11) is 0. The highest BCUT2D eigenvalue weighted by Crippen LogP contribution is 2.31. The lowest BCUT2D eigenvalue weighted by Gasteiger charge is -2.09. The van der Waals surface area contributed by atoms with Gasteiger partial charge in [0, 0.05) is 10.6 Å². The molecule has 100 valence electrons. The molecule has 3 nitrogen and oxygen atoms in total. The number of rotatable bonds is 1. The molecular formula is C11H6ClF4N3. The summed E-state index contributed by atoms with van der Waals surface area (Å²) in [6, 6.07) is 4.16. The molecule has 0 spiro atoms. The molecule has 2 aromatic rings. The van der Waals surface area contributed by atoms with Crippen LogP contribution in [0.5, 0.6) is 0 Å². The second-order valence-corrected chi connectivity index (χ2v) is 4.05. The SMILES string of the molecule is Nc1nc(-c2ccc(Cl)cc2F)cc(C(F)(F)F)n1. The zero-order chi connectivity index (χ0) is 14.2. The predicted octanol–water partition coefficient (Wildman–Crippen LogP) is 3.54. The molecule has 0 aliphatic rings. The fourth-order valence-electron chi connectivity index (χ4n) is 1.45. The van der Waals surface area contributed by atoms with Crippen molar-refractivity contribution in [1.82, 2.24) is 9.97 Å². The van der Waals surface area contributed by atoms with Crippen LogP contribution >= 0.6 is 11.6 Å². The monoisotopic (exact) mass is 291 g/mol. The Kier molecular flexibility index (Phi) is 3.32. The average molecular weight is 292 g/mol. The lowest BCUT2D eigenvalue weighted by molar-refractivity contribution is -0.141. The Morgan fingerprint density at radius 2 is 1.79 bits per heavy atom. The number of anilines is 1. The molecule has 0 saturated heterocycles. The minimum Gasteiger partial charge on any atom is -0.368 e. The molecule has 0 aliphatic heterocycles. The molecule has 0 amide bonds. The highest BCUT2D eigenvalue weighted by atomic mass is 35.5. The van der Waals surface area contributed by atoms with E-state index in [1.807, 2.05) is 0 Å². The number of alkyl halides is 3. The van der Waals surface area contributed by atoms with E-state index in [4.69, 9.17) is 17.3 Å². The van der Waals surface area contributed by atoms with Gasteiger partial charge in [0.2, 0.25) is 5.95 Å². The predicted molar refractivity (Wildman–Crippen MR) is 61.9 cm³/mol. The van der Waals surface area contributed by atoms with Crippen LogP contribution in [-0.4, -0.2) is 9.97 Å². The van der Waals surface area contributed by atoms with Gasteiger partial charge in [-0.15, -0.1) is 0 Å². The summed E-state index contributed by atoms with van der Waals surface area (Å²) in [5.74, 6) is -1.38. The molecule has 0 bridgehead atoms. The van der Waals surface area contributed by atoms with E-state index < -0.39 is 23.6 Å². The molecule has 19 heavy (non-hydrogen) atoms. The van der Waals surface area contributed by atoms with Crippen molar-refractivity contribution in [2.45, 2.75) is 6.18 Å². The normalized spacial score (nSPS) is 11.6. The lowest BCUT2D eigenvalue weighted by Crippen LogP contribution is -2.11. The van der Waals surface area contributed by atoms with Crippen molar-refractivity contribution in [3.8, 4) is 11.3 Å². The van der Waals surface area contributed by atoms with Crippen LogP contribution in [0.15, 0.2) is 24.3 Å². The summed E-state index contributed by atoms with van der Waals surface area (Å²) in [6.45, 7) is 0. The zero-order valence-corrected chi connectivity index (χ0v) is 9.93. The van der Waals surface area contributed by atoms with Crippen LogP contribution in [0.25, 0.3) is 11.3 Å². The quantitative estimate of drug-likeness (QED) is 0.818. The third-order valence-electron chi connectivity index (χ3n) is 2.24.